The van der Waals surface area contributed by atoms with Crippen molar-refractivity contribution in [2.24, 2.45) is 18.7 Å². The maximum Gasteiger partial charge on any atom is 0.222 e. The predicted molar refractivity (Wildman–Crippen MR) is 51.5 cm³/mol. The first-order valence-corrected chi connectivity index (χ1v) is 4.67. The monoisotopic (exact) mass is 194 g/mol. The van der Waals surface area contributed by atoms with Crippen LogP contribution in [0.15, 0.2) is 12.4 Å². The number of hydrogen-bond acceptors (Lipinski definition) is 3. The average molecular weight is 194 g/mol. The predicted octanol–water partition coefficient (Wildman–Crippen LogP) is -0.792. The van der Waals surface area contributed by atoms with Crippen molar-refractivity contribution in [2.75, 3.05) is 13.1 Å². The zero-order chi connectivity index (χ0) is 10.1. The van der Waals surface area contributed by atoms with Crippen LogP contribution in [0.1, 0.15) is 11.5 Å². The van der Waals surface area contributed by atoms with Gasteiger partial charge in [-0.15, -0.1) is 0 Å². The minimum atomic E-state index is -0.233. The molecular weight excluding hydrogens is 180 g/mol. The van der Waals surface area contributed by atoms with Gasteiger partial charge in [-0.25, -0.2) is 0 Å². The van der Waals surface area contributed by atoms with Crippen LogP contribution >= 0.6 is 0 Å². The summed E-state index contributed by atoms with van der Waals surface area (Å²) >= 11 is 0. The summed E-state index contributed by atoms with van der Waals surface area (Å²) in [6, 6.07) is 0. The van der Waals surface area contributed by atoms with Gasteiger partial charge in [0.2, 0.25) is 5.91 Å². The summed E-state index contributed by atoms with van der Waals surface area (Å²) in [6.07, 6.45) is 3.74. The lowest BCUT2D eigenvalue weighted by Crippen LogP contribution is -2.28. The lowest BCUT2D eigenvalue weighted by Gasteiger charge is -2.12. The van der Waals surface area contributed by atoms with E-state index in [1.165, 1.54) is 0 Å². The Kier molecular flexibility index (Phi) is 2.25. The van der Waals surface area contributed by atoms with Gasteiger partial charge >= 0.3 is 0 Å². The summed E-state index contributed by atoms with van der Waals surface area (Å²) in [4.78, 5) is 11.1. The number of nitrogens with zero attached hydrogens (tertiary/aromatic N) is 2. The van der Waals surface area contributed by atoms with E-state index in [2.05, 4.69) is 10.4 Å². The summed E-state index contributed by atoms with van der Waals surface area (Å²) in [7, 11) is 1.87. The maximum atomic E-state index is 11.1. The normalized spacial score (nSPS) is 26.6. The molecule has 1 amide bonds. The number of amides is 1. The number of rotatable bonds is 2. The molecule has 3 N–H and O–H groups in total. The van der Waals surface area contributed by atoms with Crippen LogP contribution in [0, 0.1) is 5.92 Å². The highest BCUT2D eigenvalue weighted by atomic mass is 16.1. The highest BCUT2D eigenvalue weighted by Gasteiger charge is 2.33. The maximum absolute atomic E-state index is 11.1. The Morgan fingerprint density at radius 3 is 3.07 bits per heavy atom. The fraction of sp³-hybridized carbons (Fsp3) is 0.556. The zero-order valence-corrected chi connectivity index (χ0v) is 8.10. The average Bonchev–Trinajstić information content (AvgIpc) is 2.70. The number of nitrogens with one attached hydrogen (secondary N) is 1. The van der Waals surface area contributed by atoms with Gasteiger partial charge in [0, 0.05) is 32.3 Å². The van der Waals surface area contributed by atoms with Gasteiger partial charge in [0.15, 0.2) is 0 Å². The third-order valence-electron chi connectivity index (χ3n) is 2.73. The van der Waals surface area contributed by atoms with Gasteiger partial charge in [-0.05, 0) is 5.56 Å². The molecule has 0 radical (unpaired) electrons. The third-order valence-corrected chi connectivity index (χ3v) is 2.73. The first kappa shape index (κ1) is 9.21. The van der Waals surface area contributed by atoms with Gasteiger partial charge < -0.3 is 11.1 Å². The van der Waals surface area contributed by atoms with E-state index in [0.29, 0.717) is 6.54 Å². The van der Waals surface area contributed by atoms with Gasteiger partial charge in [-0.2, -0.15) is 5.10 Å². The molecule has 0 unspecified atom stereocenters. The van der Waals surface area contributed by atoms with Gasteiger partial charge in [0.1, 0.15) is 0 Å². The second-order valence-corrected chi connectivity index (χ2v) is 3.72. The topological polar surface area (TPSA) is 72.9 Å². The molecule has 1 aromatic rings. The van der Waals surface area contributed by atoms with Crippen molar-refractivity contribution >= 4 is 5.91 Å². The Labute approximate surface area is 82.3 Å². The molecule has 1 aromatic heterocycles. The molecule has 5 nitrogen and oxygen atoms in total. The molecule has 1 aliphatic rings. The van der Waals surface area contributed by atoms with E-state index in [-0.39, 0.29) is 17.7 Å². The Morgan fingerprint density at radius 2 is 2.50 bits per heavy atom. The molecule has 5 heteroatoms. The molecule has 0 bridgehead atoms. The van der Waals surface area contributed by atoms with Gasteiger partial charge in [0.25, 0.3) is 0 Å². The zero-order valence-electron chi connectivity index (χ0n) is 8.10. The van der Waals surface area contributed by atoms with E-state index in [4.69, 9.17) is 5.73 Å². The highest BCUT2D eigenvalue weighted by Crippen LogP contribution is 2.27. The van der Waals surface area contributed by atoms with Crippen LogP contribution in [0.25, 0.3) is 0 Å². The van der Waals surface area contributed by atoms with Gasteiger partial charge in [-0.1, -0.05) is 0 Å². The van der Waals surface area contributed by atoms with Crippen LogP contribution in [0.3, 0.4) is 0 Å². The SMILES string of the molecule is Cn1cc([C@@H]2CNC[C@H]2C(N)=O)cn1. The van der Waals surface area contributed by atoms with E-state index in [1.807, 2.05) is 13.2 Å². The van der Waals surface area contributed by atoms with Crippen LogP contribution in [-0.2, 0) is 11.8 Å². The lowest BCUT2D eigenvalue weighted by molar-refractivity contribution is -0.121. The second kappa shape index (κ2) is 3.42. The summed E-state index contributed by atoms with van der Waals surface area (Å²) in [6.45, 7) is 1.48. The number of aromatic nitrogens is 2. The Bertz CT molecular complexity index is 346. The van der Waals surface area contributed by atoms with Crippen molar-refractivity contribution in [1.29, 1.82) is 0 Å². The van der Waals surface area contributed by atoms with E-state index in [0.717, 1.165) is 12.1 Å². The van der Waals surface area contributed by atoms with Crippen molar-refractivity contribution in [3.05, 3.63) is 18.0 Å². The molecule has 0 aliphatic carbocycles. The van der Waals surface area contributed by atoms with Crippen LogP contribution in [0.4, 0.5) is 0 Å². The van der Waals surface area contributed by atoms with Crippen LogP contribution in [-0.4, -0.2) is 28.8 Å². The van der Waals surface area contributed by atoms with Crippen molar-refractivity contribution in [1.82, 2.24) is 15.1 Å². The van der Waals surface area contributed by atoms with Crippen LogP contribution in [0.5, 0.6) is 0 Å². The van der Waals surface area contributed by atoms with Crippen molar-refractivity contribution in [3.8, 4) is 0 Å². The van der Waals surface area contributed by atoms with Crippen molar-refractivity contribution in [2.45, 2.75) is 5.92 Å². The number of carbonyl (C=O) groups excluding carboxylic acids is 1. The molecule has 76 valence electrons. The smallest absolute Gasteiger partial charge is 0.222 e. The molecule has 2 atom stereocenters. The van der Waals surface area contributed by atoms with Gasteiger partial charge in [0.05, 0.1) is 12.1 Å². The number of hydrogen-bond donors (Lipinski definition) is 2. The van der Waals surface area contributed by atoms with Gasteiger partial charge in [-0.3, -0.25) is 9.48 Å². The quantitative estimate of drug-likeness (QED) is 0.648. The van der Waals surface area contributed by atoms with Crippen molar-refractivity contribution < 1.29 is 4.79 Å². The first-order valence-electron chi connectivity index (χ1n) is 4.67. The summed E-state index contributed by atoms with van der Waals surface area (Å²) in [5, 5.41) is 7.27. The summed E-state index contributed by atoms with van der Waals surface area (Å²) in [5.41, 5.74) is 6.41. The number of aryl methyl sites for hydroxylation is 1. The Balaban J connectivity index is 2.21. The van der Waals surface area contributed by atoms with Crippen LogP contribution in [0.2, 0.25) is 0 Å². The number of primary amides is 1. The number of carbonyl (C=O) groups is 1. The van der Waals surface area contributed by atoms with Crippen LogP contribution < -0.4 is 11.1 Å². The molecule has 1 fully saturated rings. The molecule has 0 saturated carbocycles. The lowest BCUT2D eigenvalue weighted by atomic mass is 9.90. The van der Waals surface area contributed by atoms with E-state index >= 15 is 0 Å². The molecule has 0 spiro atoms. The fourth-order valence-electron chi connectivity index (χ4n) is 1.96. The Hall–Kier alpha value is -1.36. The summed E-state index contributed by atoms with van der Waals surface area (Å²) < 4.78 is 1.74. The molecule has 0 aromatic carbocycles. The first-order chi connectivity index (χ1) is 6.68. The number of nitrogens with two attached hydrogens (primary N) is 1. The van der Waals surface area contributed by atoms with E-state index < -0.39 is 0 Å². The Morgan fingerprint density at radius 1 is 1.71 bits per heavy atom. The molecule has 1 saturated heterocycles. The second-order valence-electron chi connectivity index (χ2n) is 3.72. The molecule has 1 aliphatic heterocycles. The molecular formula is C9H14N4O. The molecule has 14 heavy (non-hydrogen) atoms. The van der Waals surface area contributed by atoms with E-state index in [9.17, 15) is 4.79 Å². The highest BCUT2D eigenvalue weighted by molar-refractivity contribution is 5.78. The minimum absolute atomic E-state index is 0.0980. The summed E-state index contributed by atoms with van der Waals surface area (Å²) in [5.74, 6) is -0.149. The standard InChI is InChI=1S/C9H14N4O/c1-13-5-6(2-12-13)7-3-11-4-8(7)9(10)14/h2,5,7-8,11H,3-4H2,1H3,(H2,10,14)/t7-,8+/m0/s1. The largest absolute Gasteiger partial charge is 0.369 e. The third kappa shape index (κ3) is 1.50. The fourth-order valence-corrected chi connectivity index (χ4v) is 1.96. The molecule has 2 rings (SSSR count). The van der Waals surface area contributed by atoms with E-state index in [1.54, 1.807) is 10.9 Å². The minimum Gasteiger partial charge on any atom is -0.369 e. The van der Waals surface area contributed by atoms with Crippen molar-refractivity contribution in [3.63, 3.8) is 0 Å². The molecule has 2 heterocycles.